The summed E-state index contributed by atoms with van der Waals surface area (Å²) in [6, 6.07) is 1.78. The Morgan fingerprint density at radius 1 is 1.16 bits per heavy atom. The number of sulfonamides is 1. The highest BCUT2D eigenvalue weighted by atomic mass is 32.2. The van der Waals surface area contributed by atoms with Gasteiger partial charge in [0, 0.05) is 55.7 Å². The van der Waals surface area contributed by atoms with Crippen molar-refractivity contribution < 1.29 is 30.9 Å². The maximum absolute atomic E-state index is 13.5. The molecule has 5 rings (SSSR count). The van der Waals surface area contributed by atoms with Gasteiger partial charge in [0.25, 0.3) is 5.91 Å². The molecule has 3 saturated heterocycles. The van der Waals surface area contributed by atoms with Crippen LogP contribution in [0.25, 0.3) is 0 Å². The molecule has 1 unspecified atom stereocenters. The molecular formula is C25H38F3N5O4S. The minimum atomic E-state index is -4.15. The topological polar surface area (TPSA) is 108 Å². The van der Waals surface area contributed by atoms with E-state index in [1.807, 2.05) is 11.9 Å². The SMILES string of the molecule is CN(CCCC(F)(F)F)C1CCN(S(=O)(=O)C2C[C@@H]3C[C@H](NC(=O)c4cc(C5CC5)on4)C[C@H](C2)N3)CC1. The van der Waals surface area contributed by atoms with E-state index in [0.29, 0.717) is 69.8 Å². The van der Waals surface area contributed by atoms with Gasteiger partial charge in [0.2, 0.25) is 10.0 Å². The smallest absolute Gasteiger partial charge is 0.360 e. The van der Waals surface area contributed by atoms with Crippen LogP contribution in [0.1, 0.15) is 86.4 Å². The molecule has 4 heterocycles. The van der Waals surface area contributed by atoms with Crippen molar-refractivity contribution in [2.75, 3.05) is 26.7 Å². The summed E-state index contributed by atoms with van der Waals surface area (Å²) in [5, 5.41) is 10.0. The number of halogens is 3. The number of rotatable bonds is 9. The number of hydrogen-bond donors (Lipinski definition) is 2. The van der Waals surface area contributed by atoms with Gasteiger partial charge in [-0.3, -0.25) is 4.79 Å². The van der Waals surface area contributed by atoms with Crippen LogP contribution in [0.3, 0.4) is 0 Å². The molecule has 1 aromatic heterocycles. The number of piperidine rings is 3. The van der Waals surface area contributed by atoms with Crippen molar-refractivity contribution in [3.05, 3.63) is 17.5 Å². The number of nitrogens with zero attached hydrogens (tertiary/aromatic N) is 3. The van der Waals surface area contributed by atoms with E-state index < -0.39 is 27.9 Å². The van der Waals surface area contributed by atoms with Crippen LogP contribution in [0.15, 0.2) is 10.6 Å². The van der Waals surface area contributed by atoms with E-state index in [0.717, 1.165) is 18.6 Å². The van der Waals surface area contributed by atoms with Gasteiger partial charge in [-0.15, -0.1) is 0 Å². The van der Waals surface area contributed by atoms with Crippen LogP contribution in [-0.2, 0) is 10.0 Å². The Morgan fingerprint density at radius 2 is 1.82 bits per heavy atom. The first-order valence-corrected chi connectivity index (χ1v) is 15.3. The molecule has 4 fully saturated rings. The molecule has 0 spiro atoms. The molecule has 38 heavy (non-hydrogen) atoms. The van der Waals surface area contributed by atoms with Crippen molar-refractivity contribution in [2.24, 2.45) is 0 Å². The lowest BCUT2D eigenvalue weighted by atomic mass is 9.83. The van der Waals surface area contributed by atoms with Crippen LogP contribution in [0.4, 0.5) is 13.2 Å². The van der Waals surface area contributed by atoms with Crippen molar-refractivity contribution in [2.45, 2.75) is 106 Å². The van der Waals surface area contributed by atoms with E-state index in [9.17, 15) is 26.4 Å². The van der Waals surface area contributed by atoms with E-state index in [1.54, 1.807) is 10.4 Å². The summed E-state index contributed by atoms with van der Waals surface area (Å²) in [6.07, 6.45) is 0.808. The minimum Gasteiger partial charge on any atom is -0.360 e. The number of nitrogens with one attached hydrogen (secondary N) is 2. The van der Waals surface area contributed by atoms with Crippen LogP contribution >= 0.6 is 0 Å². The van der Waals surface area contributed by atoms with Gasteiger partial charge in [0.1, 0.15) is 5.76 Å². The highest BCUT2D eigenvalue weighted by Gasteiger charge is 2.44. The first kappa shape index (κ1) is 27.9. The molecule has 1 amide bonds. The minimum absolute atomic E-state index is 0.00390. The van der Waals surface area contributed by atoms with Crippen molar-refractivity contribution in [1.29, 1.82) is 0 Å². The van der Waals surface area contributed by atoms with Gasteiger partial charge in [-0.2, -0.15) is 13.2 Å². The molecule has 2 bridgehead atoms. The Hall–Kier alpha value is -1.70. The van der Waals surface area contributed by atoms with Crippen LogP contribution < -0.4 is 10.6 Å². The van der Waals surface area contributed by atoms with E-state index >= 15 is 0 Å². The molecule has 1 aliphatic carbocycles. The van der Waals surface area contributed by atoms with Crippen molar-refractivity contribution in [3.63, 3.8) is 0 Å². The van der Waals surface area contributed by atoms with E-state index in [-0.39, 0.29) is 36.5 Å². The fourth-order valence-corrected chi connectivity index (χ4v) is 8.44. The van der Waals surface area contributed by atoms with Gasteiger partial charge < -0.3 is 20.1 Å². The van der Waals surface area contributed by atoms with Crippen molar-refractivity contribution in [1.82, 2.24) is 25.0 Å². The zero-order valence-electron chi connectivity index (χ0n) is 21.8. The van der Waals surface area contributed by atoms with E-state index in [4.69, 9.17) is 4.52 Å². The lowest BCUT2D eigenvalue weighted by Gasteiger charge is -2.45. The molecule has 4 aliphatic rings. The summed E-state index contributed by atoms with van der Waals surface area (Å²) < 4.78 is 71.2. The molecule has 4 atom stereocenters. The Labute approximate surface area is 221 Å². The number of aromatic nitrogens is 1. The summed E-state index contributed by atoms with van der Waals surface area (Å²) >= 11 is 0. The highest BCUT2D eigenvalue weighted by molar-refractivity contribution is 7.89. The first-order valence-electron chi connectivity index (χ1n) is 13.8. The van der Waals surface area contributed by atoms with Crippen molar-refractivity contribution >= 4 is 15.9 Å². The third-order valence-corrected chi connectivity index (χ3v) is 10.9. The number of amides is 1. The van der Waals surface area contributed by atoms with E-state index in [2.05, 4.69) is 15.8 Å². The molecule has 2 N–H and O–H groups in total. The van der Waals surface area contributed by atoms with E-state index in [1.165, 1.54) is 0 Å². The Morgan fingerprint density at radius 3 is 2.42 bits per heavy atom. The summed E-state index contributed by atoms with van der Waals surface area (Å²) in [4.78, 5) is 14.6. The Kier molecular flexibility index (Phi) is 8.10. The third kappa shape index (κ3) is 6.71. The molecule has 9 nitrogen and oxygen atoms in total. The quantitative estimate of drug-likeness (QED) is 0.477. The lowest BCUT2D eigenvalue weighted by Crippen LogP contribution is -2.60. The summed E-state index contributed by atoms with van der Waals surface area (Å²) in [5.74, 6) is 0.902. The maximum Gasteiger partial charge on any atom is 0.389 e. The largest absolute Gasteiger partial charge is 0.389 e. The number of alkyl halides is 3. The molecular weight excluding hydrogens is 523 g/mol. The van der Waals surface area contributed by atoms with Gasteiger partial charge in [-0.05, 0) is 71.4 Å². The Bertz CT molecular complexity index is 1070. The second-order valence-corrected chi connectivity index (χ2v) is 13.8. The number of carbonyl (C=O) groups excluding carboxylic acids is 1. The monoisotopic (exact) mass is 561 g/mol. The van der Waals surface area contributed by atoms with Gasteiger partial charge in [0.05, 0.1) is 5.25 Å². The predicted octanol–water partition coefficient (Wildman–Crippen LogP) is 3.00. The van der Waals surface area contributed by atoms with Gasteiger partial charge in [-0.25, -0.2) is 12.7 Å². The average Bonchev–Trinajstić information content (AvgIpc) is 3.58. The van der Waals surface area contributed by atoms with Crippen LogP contribution in [0.5, 0.6) is 0 Å². The Balaban J connectivity index is 1.09. The second-order valence-electron chi connectivity index (χ2n) is 11.6. The normalized spacial score (nSPS) is 29.5. The molecule has 0 radical (unpaired) electrons. The van der Waals surface area contributed by atoms with Gasteiger partial charge >= 0.3 is 6.18 Å². The molecule has 13 heteroatoms. The predicted molar refractivity (Wildman–Crippen MR) is 134 cm³/mol. The summed E-state index contributed by atoms with van der Waals surface area (Å²) in [5.41, 5.74) is 0.297. The molecule has 1 aromatic rings. The first-order chi connectivity index (χ1) is 18.0. The van der Waals surface area contributed by atoms with Gasteiger partial charge in [-0.1, -0.05) is 5.16 Å². The number of fused-ring (bicyclic) bond motifs is 2. The second kappa shape index (κ2) is 11.1. The average molecular weight is 562 g/mol. The highest BCUT2D eigenvalue weighted by Crippen LogP contribution is 2.40. The zero-order valence-corrected chi connectivity index (χ0v) is 22.6. The van der Waals surface area contributed by atoms with Crippen molar-refractivity contribution in [3.8, 4) is 0 Å². The van der Waals surface area contributed by atoms with Crippen LogP contribution in [0, 0.1) is 0 Å². The summed E-state index contributed by atoms with van der Waals surface area (Å²) in [6.45, 7) is 1.15. The fraction of sp³-hybridized carbons (Fsp3) is 0.840. The van der Waals surface area contributed by atoms with Crippen LogP contribution in [-0.4, -0.2) is 91.0 Å². The maximum atomic E-state index is 13.5. The fourth-order valence-electron chi connectivity index (χ4n) is 6.35. The summed E-state index contributed by atoms with van der Waals surface area (Å²) in [7, 11) is -1.66. The number of carbonyl (C=O) groups is 1. The lowest BCUT2D eigenvalue weighted by molar-refractivity contribution is -0.136. The molecule has 0 aromatic carbocycles. The standard InChI is InChI=1S/C25H38F3N5O4S/c1-32(8-2-7-25(26,27)28)20-5-9-33(10-6-20)38(35,36)21-13-18-11-17(12-19(14-21)29-18)30-24(34)22-15-23(37-31-22)16-3-4-16/h15-21,29H,2-14H2,1H3,(H,30,34)/t17-,18-,19+,21?. The molecule has 3 aliphatic heterocycles. The zero-order chi connectivity index (χ0) is 27.1. The van der Waals surface area contributed by atoms with Crippen LogP contribution in [0.2, 0.25) is 0 Å². The molecule has 214 valence electrons. The number of hydrogen-bond acceptors (Lipinski definition) is 7. The third-order valence-electron chi connectivity index (χ3n) is 8.58. The van der Waals surface area contributed by atoms with Gasteiger partial charge in [0.15, 0.2) is 5.69 Å². The molecule has 1 saturated carbocycles.